The van der Waals surface area contributed by atoms with Crippen molar-refractivity contribution in [3.05, 3.63) is 0 Å². The van der Waals surface area contributed by atoms with E-state index in [-0.39, 0.29) is 12.8 Å². The van der Waals surface area contributed by atoms with Crippen LogP contribution in [-0.2, 0) is 9.59 Å². The molecule has 0 radical (unpaired) electrons. The third-order valence-electron chi connectivity index (χ3n) is 4.72. The maximum Gasteiger partial charge on any atom is 0.304 e. The Balaban J connectivity index is 3.73. The van der Waals surface area contributed by atoms with Crippen molar-refractivity contribution in [1.82, 2.24) is 0 Å². The number of unbranched alkanes of at least 4 members (excludes halogenated alkanes) is 10. The van der Waals surface area contributed by atoms with Crippen LogP contribution in [0.3, 0.4) is 0 Å². The highest BCUT2D eigenvalue weighted by Gasteiger charge is 2.11. The second kappa shape index (κ2) is 19.1. The Morgan fingerprint density at radius 1 is 0.692 bits per heavy atom. The summed E-state index contributed by atoms with van der Waals surface area (Å²) in [7, 11) is 0. The van der Waals surface area contributed by atoms with Gasteiger partial charge in [-0.15, -0.1) is 0 Å². The molecule has 0 aromatic rings. The summed E-state index contributed by atoms with van der Waals surface area (Å²) in [6.07, 6.45) is 17.5. The van der Waals surface area contributed by atoms with Crippen molar-refractivity contribution in [2.45, 2.75) is 115 Å². The van der Waals surface area contributed by atoms with Gasteiger partial charge in [-0.1, -0.05) is 77.6 Å². The number of thioether (sulfide) groups is 1. The Labute approximate surface area is 164 Å². The smallest absolute Gasteiger partial charge is 0.304 e. The van der Waals surface area contributed by atoms with Gasteiger partial charge in [-0.2, -0.15) is 11.8 Å². The summed E-state index contributed by atoms with van der Waals surface area (Å²) in [5.74, 6) is -0.799. The molecule has 0 aromatic heterocycles. The summed E-state index contributed by atoms with van der Waals surface area (Å²) < 4.78 is 0. The number of rotatable bonds is 20. The van der Waals surface area contributed by atoms with Gasteiger partial charge in [-0.3, -0.25) is 9.59 Å². The van der Waals surface area contributed by atoms with Crippen molar-refractivity contribution in [1.29, 1.82) is 0 Å². The number of hydrogen-bond donors (Lipinski definition) is 2. The Kier molecular flexibility index (Phi) is 18.5. The summed E-state index contributed by atoms with van der Waals surface area (Å²) in [6.45, 7) is 2.25. The van der Waals surface area contributed by atoms with Gasteiger partial charge in [0.1, 0.15) is 0 Å². The van der Waals surface area contributed by atoms with Crippen LogP contribution in [0.15, 0.2) is 0 Å². The molecule has 0 rings (SSSR count). The molecule has 0 spiro atoms. The van der Waals surface area contributed by atoms with Crippen molar-refractivity contribution in [3.8, 4) is 0 Å². The molecule has 0 amide bonds. The van der Waals surface area contributed by atoms with E-state index in [0.29, 0.717) is 11.0 Å². The van der Waals surface area contributed by atoms with Crippen LogP contribution in [0.2, 0.25) is 0 Å². The summed E-state index contributed by atoms with van der Waals surface area (Å²) in [5.41, 5.74) is 0. The quantitative estimate of drug-likeness (QED) is 0.232. The van der Waals surface area contributed by atoms with E-state index in [0.717, 1.165) is 25.7 Å². The van der Waals surface area contributed by atoms with Gasteiger partial charge in [0.25, 0.3) is 0 Å². The minimum Gasteiger partial charge on any atom is -0.481 e. The van der Waals surface area contributed by atoms with Crippen molar-refractivity contribution >= 4 is 23.7 Å². The molecule has 0 aromatic carbocycles. The summed E-state index contributed by atoms with van der Waals surface area (Å²) in [5, 5.41) is 18.0. The highest BCUT2D eigenvalue weighted by atomic mass is 32.2. The number of aliphatic carboxylic acids is 2. The average Bonchev–Trinajstić information content (AvgIpc) is 2.59. The zero-order chi connectivity index (χ0) is 19.5. The highest BCUT2D eigenvalue weighted by Crippen LogP contribution is 2.25. The molecule has 0 aliphatic rings. The molecule has 1 atom stereocenters. The molecule has 26 heavy (non-hydrogen) atoms. The Hall–Kier alpha value is -0.710. The summed E-state index contributed by atoms with van der Waals surface area (Å²) in [4.78, 5) is 21.3. The zero-order valence-corrected chi connectivity index (χ0v) is 17.5. The fourth-order valence-electron chi connectivity index (χ4n) is 3.13. The van der Waals surface area contributed by atoms with E-state index >= 15 is 0 Å². The standard InChI is InChI=1S/C21H40O4S/c1-2-3-4-5-6-7-8-9-10-11-14-19(26-18-17-21(24)25)15-12-13-16-20(22)23/h19H,2-18H2,1H3,(H,22,23)(H,24,25). The SMILES string of the molecule is CCCCCCCCCCCCC(CCCCC(=O)O)SCCC(=O)O. The third-order valence-corrected chi connectivity index (χ3v) is 6.10. The summed E-state index contributed by atoms with van der Waals surface area (Å²) in [6, 6.07) is 0. The molecule has 1 unspecified atom stereocenters. The van der Waals surface area contributed by atoms with Gasteiger partial charge < -0.3 is 10.2 Å². The van der Waals surface area contributed by atoms with Crippen LogP contribution in [-0.4, -0.2) is 33.2 Å². The molecular weight excluding hydrogens is 348 g/mol. The van der Waals surface area contributed by atoms with Crippen molar-refractivity contribution in [2.75, 3.05) is 5.75 Å². The van der Waals surface area contributed by atoms with Crippen LogP contribution < -0.4 is 0 Å². The first kappa shape index (κ1) is 25.3. The Morgan fingerprint density at radius 2 is 1.15 bits per heavy atom. The second-order valence-corrected chi connectivity index (χ2v) is 8.65. The van der Waals surface area contributed by atoms with Crippen LogP contribution in [0.4, 0.5) is 0 Å². The lowest BCUT2D eigenvalue weighted by Gasteiger charge is -2.16. The molecule has 0 bridgehead atoms. The highest BCUT2D eigenvalue weighted by molar-refractivity contribution is 7.99. The lowest BCUT2D eigenvalue weighted by Crippen LogP contribution is -2.07. The normalized spacial score (nSPS) is 12.2. The predicted molar refractivity (Wildman–Crippen MR) is 111 cm³/mol. The molecule has 0 saturated heterocycles. The van der Waals surface area contributed by atoms with Crippen molar-refractivity contribution in [2.24, 2.45) is 0 Å². The van der Waals surface area contributed by atoms with Gasteiger partial charge >= 0.3 is 11.9 Å². The van der Waals surface area contributed by atoms with E-state index < -0.39 is 11.9 Å². The maximum absolute atomic E-state index is 10.7. The van der Waals surface area contributed by atoms with Crippen LogP contribution in [0, 0.1) is 0 Å². The van der Waals surface area contributed by atoms with Gasteiger partial charge in [0.05, 0.1) is 6.42 Å². The fourth-order valence-corrected chi connectivity index (χ4v) is 4.42. The third kappa shape index (κ3) is 19.6. The number of carbonyl (C=O) groups is 2. The fraction of sp³-hybridized carbons (Fsp3) is 0.905. The number of hydrogen-bond acceptors (Lipinski definition) is 3. The van der Waals surface area contributed by atoms with Crippen molar-refractivity contribution < 1.29 is 19.8 Å². The molecule has 2 N–H and O–H groups in total. The van der Waals surface area contributed by atoms with Gasteiger partial charge in [-0.25, -0.2) is 0 Å². The van der Waals surface area contributed by atoms with E-state index in [2.05, 4.69) is 6.92 Å². The maximum atomic E-state index is 10.7. The summed E-state index contributed by atoms with van der Waals surface area (Å²) >= 11 is 1.76. The number of carboxylic acid groups (broad SMARTS) is 2. The van der Waals surface area contributed by atoms with Crippen LogP contribution in [0.5, 0.6) is 0 Å². The molecule has 0 aliphatic carbocycles. The molecule has 0 aliphatic heterocycles. The predicted octanol–water partition coefficient (Wildman–Crippen LogP) is 6.52. The Bertz CT molecular complexity index is 347. The van der Waals surface area contributed by atoms with Crippen molar-refractivity contribution in [3.63, 3.8) is 0 Å². The largest absolute Gasteiger partial charge is 0.481 e. The molecule has 0 fully saturated rings. The second-order valence-electron chi connectivity index (χ2n) is 7.25. The zero-order valence-electron chi connectivity index (χ0n) is 16.7. The molecule has 4 nitrogen and oxygen atoms in total. The molecule has 0 heterocycles. The van der Waals surface area contributed by atoms with E-state index in [1.165, 1.54) is 64.2 Å². The van der Waals surface area contributed by atoms with Gasteiger partial charge in [0, 0.05) is 17.4 Å². The van der Waals surface area contributed by atoms with Crippen LogP contribution in [0.25, 0.3) is 0 Å². The van der Waals surface area contributed by atoms with Crippen LogP contribution >= 0.6 is 11.8 Å². The monoisotopic (exact) mass is 388 g/mol. The minimum absolute atomic E-state index is 0.217. The van der Waals surface area contributed by atoms with Gasteiger partial charge in [-0.05, 0) is 19.3 Å². The molecule has 0 saturated carbocycles. The average molecular weight is 389 g/mol. The van der Waals surface area contributed by atoms with E-state index in [1.807, 2.05) is 0 Å². The topological polar surface area (TPSA) is 74.6 Å². The van der Waals surface area contributed by atoms with E-state index in [4.69, 9.17) is 10.2 Å². The lowest BCUT2D eigenvalue weighted by molar-refractivity contribution is -0.137. The van der Waals surface area contributed by atoms with E-state index in [9.17, 15) is 9.59 Å². The Morgan fingerprint density at radius 3 is 1.65 bits per heavy atom. The first-order valence-corrected chi connectivity index (χ1v) is 11.7. The van der Waals surface area contributed by atoms with E-state index in [1.54, 1.807) is 11.8 Å². The minimum atomic E-state index is -0.735. The molecule has 5 heteroatoms. The molecule has 154 valence electrons. The first-order valence-electron chi connectivity index (χ1n) is 10.6. The molecular formula is C21H40O4S. The first-order chi connectivity index (χ1) is 12.6. The lowest BCUT2D eigenvalue weighted by atomic mass is 10.0. The van der Waals surface area contributed by atoms with Crippen LogP contribution in [0.1, 0.15) is 110 Å². The number of carboxylic acids is 2. The van der Waals surface area contributed by atoms with Gasteiger partial charge in [0.2, 0.25) is 0 Å². The van der Waals surface area contributed by atoms with Gasteiger partial charge in [0.15, 0.2) is 0 Å².